The van der Waals surface area contributed by atoms with Gasteiger partial charge in [-0.2, -0.15) is 5.10 Å². The predicted molar refractivity (Wildman–Crippen MR) is 63.7 cm³/mol. The fraction of sp³-hybridized carbons (Fsp3) is 0. The van der Waals surface area contributed by atoms with E-state index in [0.29, 0.717) is 11.6 Å². The highest BCUT2D eigenvalue weighted by Crippen LogP contribution is 2.30. The van der Waals surface area contributed by atoms with Gasteiger partial charge in [0, 0.05) is 17.0 Å². The first-order valence-corrected chi connectivity index (χ1v) is 5.40. The number of aromatic amines is 1. The Balaban J connectivity index is 2.31. The van der Waals surface area contributed by atoms with Crippen molar-refractivity contribution in [1.29, 1.82) is 0 Å². The number of nitrogens with two attached hydrogens (primary N) is 1. The van der Waals surface area contributed by atoms with Gasteiger partial charge in [0.05, 0.1) is 0 Å². The van der Waals surface area contributed by atoms with E-state index in [0.717, 1.165) is 21.1 Å². The van der Waals surface area contributed by atoms with Crippen LogP contribution in [0.3, 0.4) is 0 Å². The zero-order valence-corrected chi connectivity index (χ0v) is 9.65. The molecule has 0 bridgehead atoms. The second-order valence-corrected chi connectivity index (χ2v) is 4.15. The molecule has 0 radical (unpaired) electrons. The van der Waals surface area contributed by atoms with Gasteiger partial charge in [0.15, 0.2) is 0 Å². The molecule has 3 N–H and O–H groups in total. The number of nitrogen functional groups attached to an aromatic ring is 1. The smallest absolute Gasteiger partial charge is 0.222 e. The van der Waals surface area contributed by atoms with E-state index in [2.05, 4.69) is 31.3 Å². The number of hydrogen-bond donors (Lipinski definition) is 2. The van der Waals surface area contributed by atoms with E-state index in [1.807, 2.05) is 18.2 Å². The molecule has 16 heavy (non-hydrogen) atoms. The maximum absolute atomic E-state index is 5.50. The van der Waals surface area contributed by atoms with Crippen LogP contribution in [0.4, 0.5) is 5.88 Å². The summed E-state index contributed by atoms with van der Waals surface area (Å²) < 4.78 is 5.70. The Morgan fingerprint density at radius 1 is 1.38 bits per heavy atom. The normalized spacial score (nSPS) is 11.1. The van der Waals surface area contributed by atoms with Crippen LogP contribution < -0.4 is 5.73 Å². The molecule has 0 saturated heterocycles. The second-order valence-electron chi connectivity index (χ2n) is 3.35. The van der Waals surface area contributed by atoms with Crippen molar-refractivity contribution in [2.75, 3.05) is 5.73 Å². The molecular weight excluding hydrogens is 272 g/mol. The molecule has 0 spiro atoms. The number of rotatable bonds is 1. The topological polar surface area (TPSA) is 80.7 Å². The third-order valence-corrected chi connectivity index (χ3v) is 2.95. The van der Waals surface area contributed by atoms with Crippen molar-refractivity contribution in [3.8, 4) is 11.3 Å². The summed E-state index contributed by atoms with van der Waals surface area (Å²) in [5, 5.41) is 12.0. The zero-order valence-electron chi connectivity index (χ0n) is 8.07. The first-order chi connectivity index (χ1) is 7.75. The molecule has 0 atom stereocenters. The first kappa shape index (κ1) is 9.41. The van der Waals surface area contributed by atoms with Gasteiger partial charge in [-0.15, -0.1) is 0 Å². The molecule has 5 nitrogen and oxygen atoms in total. The van der Waals surface area contributed by atoms with Crippen molar-refractivity contribution in [2.45, 2.75) is 0 Å². The monoisotopic (exact) mass is 278 g/mol. The summed E-state index contributed by atoms with van der Waals surface area (Å²) in [7, 11) is 0. The molecule has 2 heterocycles. The number of para-hydroxylation sites is 1. The quantitative estimate of drug-likeness (QED) is 0.717. The maximum atomic E-state index is 5.50. The predicted octanol–water partition coefficient (Wildman–Crippen LogP) is 2.56. The van der Waals surface area contributed by atoms with Gasteiger partial charge >= 0.3 is 0 Å². The zero-order chi connectivity index (χ0) is 11.1. The SMILES string of the molecule is Nc1cc(-c2cccc3c(Br)[nH]nc23)no1. The minimum Gasteiger partial charge on any atom is -0.368 e. The maximum Gasteiger partial charge on any atom is 0.222 e. The second kappa shape index (κ2) is 3.34. The van der Waals surface area contributed by atoms with Gasteiger partial charge in [0.25, 0.3) is 0 Å². The minimum atomic E-state index is 0.293. The lowest BCUT2D eigenvalue weighted by Crippen LogP contribution is -1.80. The largest absolute Gasteiger partial charge is 0.368 e. The van der Waals surface area contributed by atoms with Gasteiger partial charge in [-0.3, -0.25) is 5.10 Å². The van der Waals surface area contributed by atoms with Gasteiger partial charge in [-0.25, -0.2) is 0 Å². The average Bonchev–Trinajstić information content (AvgIpc) is 2.86. The molecule has 3 aromatic rings. The molecule has 0 fully saturated rings. The Kier molecular flexibility index (Phi) is 1.97. The number of anilines is 1. The Hall–Kier alpha value is -1.82. The molecule has 2 aromatic heterocycles. The van der Waals surface area contributed by atoms with E-state index in [9.17, 15) is 0 Å². The van der Waals surface area contributed by atoms with Crippen LogP contribution in [0, 0.1) is 0 Å². The number of fused-ring (bicyclic) bond motifs is 1. The van der Waals surface area contributed by atoms with E-state index >= 15 is 0 Å². The third-order valence-electron chi connectivity index (χ3n) is 2.34. The van der Waals surface area contributed by atoms with Crippen molar-refractivity contribution in [1.82, 2.24) is 15.4 Å². The fourth-order valence-corrected chi connectivity index (χ4v) is 2.04. The average molecular weight is 279 g/mol. The van der Waals surface area contributed by atoms with E-state index in [1.54, 1.807) is 6.07 Å². The highest BCUT2D eigenvalue weighted by molar-refractivity contribution is 9.10. The van der Waals surface area contributed by atoms with Crippen LogP contribution in [0.2, 0.25) is 0 Å². The first-order valence-electron chi connectivity index (χ1n) is 4.61. The van der Waals surface area contributed by atoms with Crippen molar-refractivity contribution in [3.63, 3.8) is 0 Å². The van der Waals surface area contributed by atoms with Gasteiger partial charge in [-0.05, 0) is 22.0 Å². The van der Waals surface area contributed by atoms with Crippen molar-refractivity contribution >= 4 is 32.7 Å². The Labute approximate surface area is 98.7 Å². The molecule has 6 heteroatoms. The molecule has 1 aromatic carbocycles. The molecule has 80 valence electrons. The third kappa shape index (κ3) is 1.30. The fourth-order valence-electron chi connectivity index (χ4n) is 1.63. The summed E-state index contributed by atoms with van der Waals surface area (Å²) in [6, 6.07) is 7.50. The minimum absolute atomic E-state index is 0.293. The summed E-state index contributed by atoms with van der Waals surface area (Å²) in [6.45, 7) is 0. The van der Waals surface area contributed by atoms with Gasteiger partial charge in [-0.1, -0.05) is 17.3 Å². The lowest BCUT2D eigenvalue weighted by atomic mass is 10.1. The van der Waals surface area contributed by atoms with E-state index in [4.69, 9.17) is 10.3 Å². The van der Waals surface area contributed by atoms with E-state index in [-0.39, 0.29) is 0 Å². The lowest BCUT2D eigenvalue weighted by Gasteiger charge is -1.95. The van der Waals surface area contributed by atoms with Gasteiger partial charge < -0.3 is 10.3 Å². The van der Waals surface area contributed by atoms with Crippen LogP contribution in [-0.4, -0.2) is 15.4 Å². The number of halogens is 1. The Bertz CT molecular complexity index is 658. The highest BCUT2D eigenvalue weighted by Gasteiger charge is 2.11. The van der Waals surface area contributed by atoms with E-state index < -0.39 is 0 Å². The van der Waals surface area contributed by atoms with Crippen LogP contribution in [-0.2, 0) is 0 Å². The summed E-state index contributed by atoms with van der Waals surface area (Å²) in [6.07, 6.45) is 0. The molecular formula is C10H7BrN4O. The Morgan fingerprint density at radius 3 is 3.00 bits per heavy atom. The summed E-state index contributed by atoms with van der Waals surface area (Å²) in [4.78, 5) is 0. The van der Waals surface area contributed by atoms with Crippen molar-refractivity contribution in [2.24, 2.45) is 0 Å². The van der Waals surface area contributed by atoms with Crippen LogP contribution in [0.5, 0.6) is 0 Å². The van der Waals surface area contributed by atoms with Crippen LogP contribution in [0.1, 0.15) is 0 Å². The molecule has 0 saturated carbocycles. The van der Waals surface area contributed by atoms with Crippen LogP contribution in [0.15, 0.2) is 33.4 Å². The summed E-state index contributed by atoms with van der Waals surface area (Å²) in [5.74, 6) is 0.293. The molecule has 3 rings (SSSR count). The molecule has 0 amide bonds. The number of nitrogens with zero attached hydrogens (tertiary/aromatic N) is 2. The van der Waals surface area contributed by atoms with Crippen LogP contribution in [0.25, 0.3) is 22.2 Å². The lowest BCUT2D eigenvalue weighted by molar-refractivity contribution is 0.439. The van der Waals surface area contributed by atoms with Crippen molar-refractivity contribution in [3.05, 3.63) is 28.9 Å². The molecule has 0 unspecified atom stereocenters. The molecule has 0 aliphatic rings. The molecule has 0 aliphatic carbocycles. The van der Waals surface area contributed by atoms with Gasteiger partial charge in [0.2, 0.25) is 5.88 Å². The Morgan fingerprint density at radius 2 is 2.25 bits per heavy atom. The number of aromatic nitrogens is 3. The number of benzene rings is 1. The highest BCUT2D eigenvalue weighted by atomic mass is 79.9. The number of hydrogen-bond acceptors (Lipinski definition) is 4. The summed E-state index contributed by atoms with van der Waals surface area (Å²) in [5.41, 5.74) is 7.91. The van der Waals surface area contributed by atoms with E-state index in [1.165, 1.54) is 0 Å². The van der Waals surface area contributed by atoms with Crippen molar-refractivity contribution < 1.29 is 4.52 Å². The number of nitrogens with one attached hydrogen (secondary N) is 1. The van der Waals surface area contributed by atoms with Crippen LogP contribution >= 0.6 is 15.9 Å². The standard InChI is InChI=1S/C10H7BrN4O/c11-10-6-3-1-2-5(9(6)13-14-10)7-4-8(12)16-15-7/h1-4H,12H2,(H,13,14). The molecule has 0 aliphatic heterocycles. The summed E-state index contributed by atoms with van der Waals surface area (Å²) >= 11 is 3.39. The van der Waals surface area contributed by atoms with Gasteiger partial charge in [0.1, 0.15) is 15.8 Å². The number of H-pyrrole nitrogens is 1.